The van der Waals surface area contributed by atoms with Gasteiger partial charge in [0.2, 0.25) is 11.7 Å². The second-order valence-corrected chi connectivity index (χ2v) is 4.79. The van der Waals surface area contributed by atoms with E-state index in [9.17, 15) is 4.79 Å². The van der Waals surface area contributed by atoms with Crippen LogP contribution in [-0.2, 0) is 0 Å². The third-order valence-corrected chi connectivity index (χ3v) is 3.23. The van der Waals surface area contributed by atoms with Crippen LogP contribution in [0.5, 0.6) is 5.88 Å². The van der Waals surface area contributed by atoms with Gasteiger partial charge in [0.05, 0.1) is 6.54 Å². The molecule has 1 aliphatic heterocycles. The molecule has 0 aliphatic carbocycles. The number of hydrogen-bond acceptors (Lipinski definition) is 6. The maximum Gasteiger partial charge on any atom is 0.291 e. The van der Waals surface area contributed by atoms with E-state index in [1.165, 1.54) is 0 Å². The molecule has 0 saturated carbocycles. The van der Waals surface area contributed by atoms with Crippen LogP contribution in [0, 0.1) is 6.92 Å². The van der Waals surface area contributed by atoms with Crippen molar-refractivity contribution in [3.8, 4) is 5.88 Å². The molecule has 2 aromatic rings. The summed E-state index contributed by atoms with van der Waals surface area (Å²) in [6.45, 7) is 2.95. The van der Waals surface area contributed by atoms with E-state index < -0.39 is 0 Å². The molecule has 3 heterocycles. The van der Waals surface area contributed by atoms with E-state index in [2.05, 4.69) is 19.9 Å². The van der Waals surface area contributed by atoms with Crippen molar-refractivity contribution >= 4 is 5.91 Å². The molecule has 0 N–H and O–H groups in total. The van der Waals surface area contributed by atoms with Crippen LogP contribution in [0.15, 0.2) is 30.7 Å². The zero-order valence-corrected chi connectivity index (χ0v) is 11.6. The van der Waals surface area contributed by atoms with Crippen LogP contribution in [-0.4, -0.2) is 49.9 Å². The summed E-state index contributed by atoms with van der Waals surface area (Å²) in [5, 5.41) is 0. The molecule has 1 atom stereocenters. The van der Waals surface area contributed by atoms with Crippen LogP contribution in [0.3, 0.4) is 0 Å². The first-order valence-electron chi connectivity index (χ1n) is 6.75. The van der Waals surface area contributed by atoms with Gasteiger partial charge in [-0.3, -0.25) is 4.79 Å². The quantitative estimate of drug-likeness (QED) is 0.832. The van der Waals surface area contributed by atoms with E-state index in [1.54, 1.807) is 35.6 Å². The zero-order chi connectivity index (χ0) is 14.7. The first kappa shape index (κ1) is 13.4. The molecule has 0 unspecified atom stereocenters. The Kier molecular flexibility index (Phi) is 3.72. The van der Waals surface area contributed by atoms with Crippen molar-refractivity contribution in [1.29, 1.82) is 0 Å². The topological polar surface area (TPSA) is 81.1 Å². The number of carbonyl (C=O) groups excluding carboxylic acids is 1. The van der Waals surface area contributed by atoms with Gasteiger partial charge in [0.15, 0.2) is 0 Å². The number of nitrogens with zero attached hydrogens (tertiary/aromatic N) is 5. The smallest absolute Gasteiger partial charge is 0.291 e. The standard InChI is InChI=1S/C14H15N5O2/c1-10-15-7-3-12(18-10)21-11-4-8-19(9-11)14(20)13-16-5-2-6-17-13/h2-3,5-7,11H,4,8-9H2,1H3/t11-/m1/s1. The second kappa shape index (κ2) is 5.82. The fourth-order valence-electron chi connectivity index (χ4n) is 2.23. The summed E-state index contributed by atoms with van der Waals surface area (Å²) in [6.07, 6.45) is 5.49. The molecule has 7 heteroatoms. The lowest BCUT2D eigenvalue weighted by atomic mass is 10.3. The summed E-state index contributed by atoms with van der Waals surface area (Å²) in [5.74, 6) is 1.26. The van der Waals surface area contributed by atoms with Gasteiger partial charge in [0.1, 0.15) is 11.9 Å². The van der Waals surface area contributed by atoms with Gasteiger partial charge in [-0.1, -0.05) is 0 Å². The molecule has 3 rings (SSSR count). The van der Waals surface area contributed by atoms with Gasteiger partial charge in [-0.25, -0.2) is 15.0 Å². The average molecular weight is 285 g/mol. The Balaban J connectivity index is 1.62. The molecular weight excluding hydrogens is 270 g/mol. The fourth-order valence-corrected chi connectivity index (χ4v) is 2.23. The summed E-state index contributed by atoms with van der Waals surface area (Å²) < 4.78 is 5.79. The number of hydrogen-bond donors (Lipinski definition) is 0. The molecule has 21 heavy (non-hydrogen) atoms. The van der Waals surface area contributed by atoms with Crippen LogP contribution in [0.2, 0.25) is 0 Å². The highest BCUT2D eigenvalue weighted by Crippen LogP contribution is 2.17. The number of aryl methyl sites for hydroxylation is 1. The number of likely N-dealkylation sites (tertiary alicyclic amines) is 1. The Morgan fingerprint density at radius 2 is 2.10 bits per heavy atom. The number of rotatable bonds is 3. The van der Waals surface area contributed by atoms with Gasteiger partial charge in [-0.2, -0.15) is 4.98 Å². The monoisotopic (exact) mass is 285 g/mol. The van der Waals surface area contributed by atoms with Crippen molar-refractivity contribution < 1.29 is 9.53 Å². The van der Waals surface area contributed by atoms with Gasteiger partial charge in [0.25, 0.3) is 5.91 Å². The van der Waals surface area contributed by atoms with Gasteiger partial charge in [-0.15, -0.1) is 0 Å². The van der Waals surface area contributed by atoms with Crippen LogP contribution in [0.1, 0.15) is 22.9 Å². The van der Waals surface area contributed by atoms with Crippen molar-refractivity contribution in [3.63, 3.8) is 0 Å². The van der Waals surface area contributed by atoms with E-state index in [0.717, 1.165) is 6.42 Å². The minimum Gasteiger partial charge on any atom is -0.472 e. The summed E-state index contributed by atoms with van der Waals surface area (Å²) in [7, 11) is 0. The van der Waals surface area contributed by atoms with E-state index in [4.69, 9.17) is 4.74 Å². The van der Waals surface area contributed by atoms with Crippen LogP contribution in [0.4, 0.5) is 0 Å². The Labute approximate surface area is 122 Å². The summed E-state index contributed by atoms with van der Waals surface area (Å²) in [6, 6.07) is 3.40. The fraction of sp³-hybridized carbons (Fsp3) is 0.357. The van der Waals surface area contributed by atoms with Gasteiger partial charge in [0, 0.05) is 37.6 Å². The lowest BCUT2D eigenvalue weighted by Gasteiger charge is -2.16. The van der Waals surface area contributed by atoms with Gasteiger partial charge < -0.3 is 9.64 Å². The van der Waals surface area contributed by atoms with Gasteiger partial charge in [-0.05, 0) is 13.0 Å². The van der Waals surface area contributed by atoms with E-state index >= 15 is 0 Å². The Bertz CT molecular complexity index is 634. The Morgan fingerprint density at radius 3 is 2.86 bits per heavy atom. The predicted molar refractivity (Wildman–Crippen MR) is 73.7 cm³/mol. The van der Waals surface area contributed by atoms with Crippen molar-refractivity contribution in [2.45, 2.75) is 19.4 Å². The Morgan fingerprint density at radius 1 is 1.29 bits per heavy atom. The number of ether oxygens (including phenoxy) is 1. The number of aromatic nitrogens is 4. The average Bonchev–Trinajstić information content (AvgIpc) is 2.96. The molecule has 0 radical (unpaired) electrons. The molecule has 1 fully saturated rings. The third kappa shape index (κ3) is 3.13. The lowest BCUT2D eigenvalue weighted by molar-refractivity contribution is 0.0759. The maximum absolute atomic E-state index is 12.2. The predicted octanol–water partition coefficient (Wildman–Crippen LogP) is 0.869. The molecule has 2 aromatic heterocycles. The van der Waals surface area contributed by atoms with E-state index in [0.29, 0.717) is 24.8 Å². The molecule has 0 bridgehead atoms. The van der Waals surface area contributed by atoms with Crippen LogP contribution < -0.4 is 4.74 Å². The summed E-state index contributed by atoms with van der Waals surface area (Å²) >= 11 is 0. The zero-order valence-electron chi connectivity index (χ0n) is 11.6. The first-order valence-corrected chi connectivity index (χ1v) is 6.75. The molecule has 1 saturated heterocycles. The van der Waals surface area contributed by atoms with Crippen LogP contribution in [0.25, 0.3) is 0 Å². The number of carbonyl (C=O) groups is 1. The highest BCUT2D eigenvalue weighted by atomic mass is 16.5. The van der Waals surface area contributed by atoms with Crippen LogP contribution >= 0.6 is 0 Å². The van der Waals surface area contributed by atoms with E-state index in [1.807, 2.05) is 6.92 Å². The van der Waals surface area contributed by atoms with Crippen molar-refractivity contribution in [1.82, 2.24) is 24.8 Å². The van der Waals surface area contributed by atoms with Crippen molar-refractivity contribution in [3.05, 3.63) is 42.4 Å². The molecule has 0 aromatic carbocycles. The minimum absolute atomic E-state index is 0.0630. The highest BCUT2D eigenvalue weighted by molar-refractivity contribution is 5.90. The van der Waals surface area contributed by atoms with Gasteiger partial charge >= 0.3 is 0 Å². The lowest BCUT2D eigenvalue weighted by Crippen LogP contribution is -2.32. The van der Waals surface area contributed by atoms with E-state index in [-0.39, 0.29) is 17.8 Å². The molecule has 1 aliphatic rings. The Hall–Kier alpha value is -2.57. The normalized spacial score (nSPS) is 17.8. The molecular formula is C14H15N5O2. The third-order valence-electron chi connectivity index (χ3n) is 3.23. The molecule has 1 amide bonds. The maximum atomic E-state index is 12.2. The first-order chi connectivity index (χ1) is 10.2. The molecule has 0 spiro atoms. The largest absolute Gasteiger partial charge is 0.472 e. The SMILES string of the molecule is Cc1nccc(O[C@@H]2CCN(C(=O)c3ncccn3)C2)n1. The van der Waals surface area contributed by atoms with Crippen molar-refractivity contribution in [2.75, 3.05) is 13.1 Å². The molecule has 108 valence electrons. The number of amides is 1. The minimum atomic E-state index is -0.166. The molecule has 7 nitrogen and oxygen atoms in total. The van der Waals surface area contributed by atoms with Crippen molar-refractivity contribution in [2.24, 2.45) is 0 Å². The summed E-state index contributed by atoms with van der Waals surface area (Å²) in [5.41, 5.74) is 0. The highest BCUT2D eigenvalue weighted by Gasteiger charge is 2.29. The second-order valence-electron chi connectivity index (χ2n) is 4.79. The summed E-state index contributed by atoms with van der Waals surface area (Å²) in [4.78, 5) is 30.1.